The first-order valence-corrected chi connectivity index (χ1v) is 15.1. The van der Waals surface area contributed by atoms with Crippen molar-refractivity contribution < 1.29 is 19.1 Å². The van der Waals surface area contributed by atoms with Gasteiger partial charge in [-0.25, -0.2) is 0 Å². The topological polar surface area (TPSA) is 84.5 Å². The van der Waals surface area contributed by atoms with E-state index in [0.717, 1.165) is 19.0 Å². The van der Waals surface area contributed by atoms with E-state index in [1.54, 1.807) is 6.92 Å². The number of rotatable bonds is 9. The van der Waals surface area contributed by atoms with Crippen molar-refractivity contribution in [3.05, 3.63) is 24.3 Å². The molecule has 208 valence electrons. The Balaban J connectivity index is 0.000000220. The van der Waals surface area contributed by atoms with Gasteiger partial charge in [0.15, 0.2) is 0 Å². The first kappa shape index (κ1) is 30.4. The molecule has 2 amide bonds. The summed E-state index contributed by atoms with van der Waals surface area (Å²) in [5, 5.41) is 6.11. The molecule has 6 nitrogen and oxygen atoms in total. The third kappa shape index (κ3) is 7.93. The molecule has 0 aliphatic heterocycles. The smallest absolute Gasteiger partial charge is 0.322 e. The summed E-state index contributed by atoms with van der Waals surface area (Å²) in [5.74, 6) is 3.80. The van der Waals surface area contributed by atoms with E-state index >= 15 is 0 Å². The number of fused-ring (bicyclic) bond motifs is 4. The minimum Gasteiger partial charge on any atom is -0.468 e. The Kier molecular flexibility index (Phi) is 9.80. The molecule has 4 rings (SSSR count). The number of nitrogens with one attached hydrogen (secondary N) is 2. The molecule has 4 aliphatic carbocycles. The fraction of sp³-hybridized carbons (Fsp3) is 0.759. The molecule has 4 bridgehead atoms. The first-order chi connectivity index (χ1) is 17.1. The highest BCUT2D eigenvalue weighted by Gasteiger charge is 2.42. The van der Waals surface area contributed by atoms with E-state index in [2.05, 4.69) is 66.8 Å². The summed E-state index contributed by atoms with van der Waals surface area (Å²) in [6, 6.07) is 0. The van der Waals surface area contributed by atoms with Gasteiger partial charge < -0.3 is 15.4 Å². The Morgan fingerprint density at radius 2 is 1.24 bits per heavy atom. The molecular weight excluding hydrogens is 600 g/mol. The van der Waals surface area contributed by atoms with Gasteiger partial charge in [-0.05, 0) is 88.4 Å². The van der Waals surface area contributed by atoms with Crippen LogP contribution in [0.3, 0.4) is 0 Å². The van der Waals surface area contributed by atoms with Crippen molar-refractivity contribution in [2.45, 2.75) is 75.4 Å². The van der Waals surface area contributed by atoms with Gasteiger partial charge in [-0.3, -0.25) is 14.4 Å². The van der Waals surface area contributed by atoms with Crippen LogP contribution in [-0.2, 0) is 19.1 Å². The normalized spacial score (nSPS) is 30.9. The minimum absolute atomic E-state index is 0.00571. The van der Waals surface area contributed by atoms with Crippen molar-refractivity contribution in [3.8, 4) is 0 Å². The molecule has 7 unspecified atom stereocenters. The van der Waals surface area contributed by atoms with Crippen LogP contribution in [0.4, 0.5) is 0 Å². The van der Waals surface area contributed by atoms with Gasteiger partial charge in [0.2, 0.25) is 11.8 Å². The van der Waals surface area contributed by atoms with Gasteiger partial charge >= 0.3 is 5.97 Å². The predicted octanol–water partition coefficient (Wildman–Crippen LogP) is 5.55. The SMILES string of the molecule is CC(C)(Br)C(=O)NCC1CC2C=CC1C2.COC(=O)C(C)(Br)CC(C)(C)C(=O)NCC1CC2C=CC1C2. The molecule has 0 radical (unpaired) electrons. The van der Waals surface area contributed by atoms with Crippen LogP contribution in [0.15, 0.2) is 24.3 Å². The maximum atomic E-state index is 12.5. The first-order valence-electron chi connectivity index (χ1n) is 13.5. The molecule has 2 N–H and O–H groups in total. The van der Waals surface area contributed by atoms with Gasteiger partial charge in [-0.15, -0.1) is 0 Å². The molecule has 0 aromatic heterocycles. The molecule has 0 spiro atoms. The van der Waals surface area contributed by atoms with Gasteiger partial charge in [0.25, 0.3) is 0 Å². The lowest BCUT2D eigenvalue weighted by Crippen LogP contribution is -2.45. The highest BCUT2D eigenvalue weighted by atomic mass is 79.9. The number of ether oxygens (including phenoxy) is 1. The highest BCUT2D eigenvalue weighted by Crippen LogP contribution is 2.44. The highest BCUT2D eigenvalue weighted by molar-refractivity contribution is 9.10. The third-order valence-corrected chi connectivity index (χ3v) is 9.39. The second-order valence-electron chi connectivity index (χ2n) is 12.7. The number of carbonyl (C=O) groups excluding carboxylic acids is 3. The van der Waals surface area contributed by atoms with Crippen LogP contribution in [-0.4, -0.2) is 46.6 Å². The number of halogens is 2. The van der Waals surface area contributed by atoms with E-state index in [1.807, 2.05) is 27.7 Å². The number of hydrogen-bond acceptors (Lipinski definition) is 4. The van der Waals surface area contributed by atoms with Gasteiger partial charge in [-0.1, -0.05) is 70.0 Å². The molecule has 0 aromatic rings. The second-order valence-corrected chi connectivity index (χ2v) is 16.5. The van der Waals surface area contributed by atoms with Crippen molar-refractivity contribution in [1.29, 1.82) is 0 Å². The fourth-order valence-electron chi connectivity index (χ4n) is 6.35. The number of amides is 2. The summed E-state index contributed by atoms with van der Waals surface area (Å²) in [7, 11) is 1.36. The monoisotopic (exact) mass is 642 g/mol. The molecular formula is C29H44Br2N2O4. The molecule has 2 fully saturated rings. The van der Waals surface area contributed by atoms with E-state index < -0.39 is 14.1 Å². The lowest BCUT2D eigenvalue weighted by Gasteiger charge is -2.31. The van der Waals surface area contributed by atoms with Crippen LogP contribution < -0.4 is 10.6 Å². The van der Waals surface area contributed by atoms with Crippen molar-refractivity contribution >= 4 is 49.6 Å². The Labute approximate surface area is 239 Å². The number of allylic oxidation sites excluding steroid dienone is 4. The van der Waals surface area contributed by atoms with Crippen LogP contribution in [0, 0.1) is 40.9 Å². The zero-order chi connectivity index (χ0) is 27.6. The van der Waals surface area contributed by atoms with Crippen LogP contribution in [0.2, 0.25) is 0 Å². The Morgan fingerprint density at radius 1 is 0.784 bits per heavy atom. The molecule has 2 saturated carbocycles. The summed E-state index contributed by atoms with van der Waals surface area (Å²) < 4.78 is 3.50. The van der Waals surface area contributed by atoms with Gasteiger partial charge in [0.1, 0.15) is 4.32 Å². The maximum Gasteiger partial charge on any atom is 0.322 e. The standard InChI is InChI=1S/C17H26BrNO3.C12H18BrNO/c1-16(2,10-17(3,18)15(21)22-4)14(20)19-9-13-8-11-5-6-12(13)7-11;1-12(2,13)11(15)14-7-10-6-8-3-4-9(10)5-8/h5-6,11-13H,7-10H2,1-4H3,(H,19,20);3-4,8-10H,5-7H2,1-2H3,(H,14,15). The number of carbonyl (C=O) groups is 3. The zero-order valence-electron chi connectivity index (χ0n) is 23.1. The molecule has 4 aliphatic rings. The third-order valence-electron chi connectivity index (χ3n) is 8.42. The summed E-state index contributed by atoms with van der Waals surface area (Å²) in [5.41, 5.74) is -0.639. The number of methoxy groups -OCH3 is 1. The summed E-state index contributed by atoms with van der Waals surface area (Å²) in [6.07, 6.45) is 14.6. The van der Waals surface area contributed by atoms with Crippen LogP contribution in [0.5, 0.6) is 0 Å². The Hall–Kier alpha value is -1.15. The van der Waals surface area contributed by atoms with Crippen LogP contribution in [0.25, 0.3) is 0 Å². The molecule has 0 aromatic carbocycles. The van der Waals surface area contributed by atoms with Crippen LogP contribution in [0.1, 0.15) is 66.7 Å². The van der Waals surface area contributed by atoms with Crippen molar-refractivity contribution in [2.24, 2.45) is 40.9 Å². The fourth-order valence-corrected chi connectivity index (χ4v) is 7.35. The Morgan fingerprint density at radius 3 is 1.59 bits per heavy atom. The molecule has 37 heavy (non-hydrogen) atoms. The molecule has 0 heterocycles. The van der Waals surface area contributed by atoms with Crippen molar-refractivity contribution in [3.63, 3.8) is 0 Å². The lowest BCUT2D eigenvalue weighted by molar-refractivity contribution is -0.144. The number of alkyl halides is 2. The molecule has 8 heteroatoms. The van der Waals surface area contributed by atoms with E-state index in [1.165, 1.54) is 32.8 Å². The Bertz CT molecular complexity index is 921. The van der Waals surface area contributed by atoms with E-state index in [9.17, 15) is 14.4 Å². The largest absolute Gasteiger partial charge is 0.468 e. The summed E-state index contributed by atoms with van der Waals surface area (Å²) in [6.45, 7) is 10.8. The second kappa shape index (κ2) is 11.9. The summed E-state index contributed by atoms with van der Waals surface area (Å²) >= 11 is 6.76. The molecule has 0 saturated heterocycles. The predicted molar refractivity (Wildman–Crippen MR) is 154 cm³/mol. The average molecular weight is 644 g/mol. The van der Waals surface area contributed by atoms with Crippen molar-refractivity contribution in [1.82, 2.24) is 10.6 Å². The summed E-state index contributed by atoms with van der Waals surface area (Å²) in [4.78, 5) is 35.9. The number of esters is 1. The van der Waals surface area contributed by atoms with E-state index in [4.69, 9.17) is 4.74 Å². The minimum atomic E-state index is -0.849. The van der Waals surface area contributed by atoms with Gasteiger partial charge in [-0.2, -0.15) is 0 Å². The van der Waals surface area contributed by atoms with E-state index in [-0.39, 0.29) is 17.8 Å². The van der Waals surface area contributed by atoms with Gasteiger partial charge in [0.05, 0.1) is 11.4 Å². The lowest BCUT2D eigenvalue weighted by atomic mass is 9.82. The zero-order valence-corrected chi connectivity index (χ0v) is 26.3. The average Bonchev–Trinajstić information content (AvgIpc) is 3.61. The van der Waals surface area contributed by atoms with Crippen LogP contribution >= 0.6 is 31.9 Å². The maximum absolute atomic E-state index is 12.5. The number of hydrogen-bond donors (Lipinski definition) is 2. The quantitative estimate of drug-likeness (QED) is 0.196. The molecule has 7 atom stereocenters. The van der Waals surface area contributed by atoms with E-state index in [0.29, 0.717) is 36.0 Å². The van der Waals surface area contributed by atoms with Gasteiger partial charge in [0, 0.05) is 18.5 Å². The van der Waals surface area contributed by atoms with Crippen molar-refractivity contribution in [2.75, 3.05) is 20.2 Å².